The topological polar surface area (TPSA) is 23.8 Å². The molecule has 0 saturated carbocycles. The zero-order valence-corrected chi connectivity index (χ0v) is 10.8. The molecule has 0 spiro atoms. The summed E-state index contributed by atoms with van der Waals surface area (Å²) >= 11 is 11.9. The molecule has 0 unspecified atom stereocenters. The van der Waals surface area contributed by atoms with Gasteiger partial charge in [0.05, 0.1) is 12.5 Å². The van der Waals surface area contributed by atoms with Gasteiger partial charge in [-0.1, -0.05) is 35.3 Å². The number of benzene rings is 2. The molecule has 4 heteroatoms. The molecular weight excluding hydrogens is 272 g/mol. The standard InChI is InChI=1S/C14H8Cl2FN/c15-10-2-3-11(13(16)8-10)12-7-9(5-6-18)1-4-14(12)17/h1-4,7-8H,5H2. The summed E-state index contributed by atoms with van der Waals surface area (Å²) in [6.45, 7) is 0. The Bertz CT molecular complexity index is 632. The van der Waals surface area contributed by atoms with Crippen LogP contribution in [0.25, 0.3) is 11.1 Å². The van der Waals surface area contributed by atoms with E-state index in [1.165, 1.54) is 6.07 Å². The van der Waals surface area contributed by atoms with Gasteiger partial charge in [0, 0.05) is 21.2 Å². The van der Waals surface area contributed by atoms with Crippen LogP contribution in [0, 0.1) is 17.1 Å². The largest absolute Gasteiger partial charge is 0.206 e. The van der Waals surface area contributed by atoms with Gasteiger partial charge in [-0.3, -0.25) is 0 Å². The second kappa shape index (κ2) is 5.39. The van der Waals surface area contributed by atoms with E-state index in [1.807, 2.05) is 6.07 Å². The molecular formula is C14H8Cl2FN. The molecule has 1 nitrogen and oxygen atoms in total. The molecule has 0 aliphatic rings. The predicted molar refractivity (Wildman–Crippen MR) is 71.2 cm³/mol. The smallest absolute Gasteiger partial charge is 0.131 e. The van der Waals surface area contributed by atoms with E-state index in [4.69, 9.17) is 28.5 Å². The molecule has 0 saturated heterocycles. The van der Waals surface area contributed by atoms with Crippen LogP contribution in [0.2, 0.25) is 10.0 Å². The van der Waals surface area contributed by atoms with Gasteiger partial charge in [-0.2, -0.15) is 5.26 Å². The minimum Gasteiger partial charge on any atom is -0.206 e. The summed E-state index contributed by atoms with van der Waals surface area (Å²) in [5.74, 6) is -0.374. The highest BCUT2D eigenvalue weighted by molar-refractivity contribution is 6.36. The van der Waals surface area contributed by atoms with E-state index in [-0.39, 0.29) is 12.2 Å². The first kappa shape index (κ1) is 12.9. The Morgan fingerprint density at radius 3 is 2.50 bits per heavy atom. The van der Waals surface area contributed by atoms with Crippen molar-refractivity contribution in [2.75, 3.05) is 0 Å². The average molecular weight is 280 g/mol. The molecule has 2 aromatic carbocycles. The van der Waals surface area contributed by atoms with Crippen LogP contribution in [0.4, 0.5) is 4.39 Å². The van der Waals surface area contributed by atoms with Crippen molar-refractivity contribution in [3.8, 4) is 17.2 Å². The highest BCUT2D eigenvalue weighted by atomic mass is 35.5. The van der Waals surface area contributed by atoms with Gasteiger partial charge in [-0.05, 0) is 29.8 Å². The fourth-order valence-electron chi connectivity index (χ4n) is 1.69. The zero-order valence-electron chi connectivity index (χ0n) is 9.25. The molecule has 2 aromatic rings. The molecule has 18 heavy (non-hydrogen) atoms. The number of nitrogens with zero attached hydrogens (tertiary/aromatic N) is 1. The summed E-state index contributed by atoms with van der Waals surface area (Å²) in [6.07, 6.45) is 0.235. The Labute approximate surface area is 114 Å². The molecule has 0 radical (unpaired) electrons. The van der Waals surface area contributed by atoms with Crippen LogP contribution >= 0.6 is 23.2 Å². The third-order valence-electron chi connectivity index (χ3n) is 2.54. The first-order valence-corrected chi connectivity index (χ1v) is 5.98. The maximum Gasteiger partial charge on any atom is 0.131 e. The number of hydrogen-bond donors (Lipinski definition) is 0. The summed E-state index contributed by atoms with van der Waals surface area (Å²) in [4.78, 5) is 0. The van der Waals surface area contributed by atoms with E-state index in [1.54, 1.807) is 30.3 Å². The molecule has 90 valence electrons. The Morgan fingerprint density at radius 2 is 1.83 bits per heavy atom. The molecule has 0 aliphatic carbocycles. The van der Waals surface area contributed by atoms with E-state index < -0.39 is 0 Å². The summed E-state index contributed by atoms with van der Waals surface area (Å²) in [5, 5.41) is 9.54. The van der Waals surface area contributed by atoms with Crippen LogP contribution in [-0.4, -0.2) is 0 Å². The lowest BCUT2D eigenvalue weighted by Gasteiger charge is -2.08. The summed E-state index contributed by atoms with van der Waals surface area (Å²) in [7, 11) is 0. The van der Waals surface area contributed by atoms with Crippen LogP contribution in [0.1, 0.15) is 5.56 Å². The lowest BCUT2D eigenvalue weighted by atomic mass is 10.0. The van der Waals surface area contributed by atoms with Crippen molar-refractivity contribution in [3.05, 3.63) is 57.8 Å². The van der Waals surface area contributed by atoms with Crippen LogP contribution in [0.5, 0.6) is 0 Å². The number of halogens is 3. The highest BCUT2D eigenvalue weighted by Crippen LogP contribution is 2.32. The highest BCUT2D eigenvalue weighted by Gasteiger charge is 2.10. The van der Waals surface area contributed by atoms with Crippen molar-refractivity contribution in [2.45, 2.75) is 6.42 Å². The van der Waals surface area contributed by atoms with Gasteiger partial charge in [0.1, 0.15) is 5.82 Å². The fourth-order valence-corrected chi connectivity index (χ4v) is 2.20. The van der Waals surface area contributed by atoms with E-state index in [9.17, 15) is 4.39 Å². The summed E-state index contributed by atoms with van der Waals surface area (Å²) in [6, 6.07) is 11.5. The second-order valence-corrected chi connectivity index (χ2v) is 4.62. The van der Waals surface area contributed by atoms with Gasteiger partial charge < -0.3 is 0 Å². The van der Waals surface area contributed by atoms with E-state index in [2.05, 4.69) is 0 Å². The van der Waals surface area contributed by atoms with Crippen LogP contribution in [0.15, 0.2) is 36.4 Å². The Morgan fingerprint density at radius 1 is 1.06 bits per heavy atom. The molecule has 0 N–H and O–H groups in total. The van der Waals surface area contributed by atoms with Crippen LogP contribution in [-0.2, 0) is 6.42 Å². The maximum absolute atomic E-state index is 13.8. The van der Waals surface area contributed by atoms with Crippen molar-refractivity contribution in [1.29, 1.82) is 5.26 Å². The molecule has 0 aromatic heterocycles. The van der Waals surface area contributed by atoms with Gasteiger partial charge in [0.15, 0.2) is 0 Å². The molecule has 0 heterocycles. The lowest BCUT2D eigenvalue weighted by molar-refractivity contribution is 0.631. The van der Waals surface area contributed by atoms with E-state index in [0.29, 0.717) is 21.2 Å². The number of hydrogen-bond acceptors (Lipinski definition) is 1. The van der Waals surface area contributed by atoms with E-state index >= 15 is 0 Å². The SMILES string of the molecule is N#CCc1ccc(F)c(-c2ccc(Cl)cc2Cl)c1. The quantitative estimate of drug-likeness (QED) is 0.770. The fraction of sp³-hybridized carbons (Fsp3) is 0.0714. The Hall–Kier alpha value is -1.56. The van der Waals surface area contributed by atoms with Gasteiger partial charge in [-0.15, -0.1) is 0 Å². The molecule has 0 fully saturated rings. The van der Waals surface area contributed by atoms with Crippen molar-refractivity contribution in [1.82, 2.24) is 0 Å². The molecule has 0 amide bonds. The minimum absolute atomic E-state index is 0.235. The molecule has 0 atom stereocenters. The van der Waals surface area contributed by atoms with Gasteiger partial charge >= 0.3 is 0 Å². The van der Waals surface area contributed by atoms with Crippen molar-refractivity contribution in [2.24, 2.45) is 0 Å². The Kier molecular flexibility index (Phi) is 3.86. The molecule has 0 aliphatic heterocycles. The Balaban J connectivity index is 2.56. The van der Waals surface area contributed by atoms with Gasteiger partial charge in [0.2, 0.25) is 0 Å². The third-order valence-corrected chi connectivity index (χ3v) is 3.08. The van der Waals surface area contributed by atoms with Crippen molar-refractivity contribution in [3.63, 3.8) is 0 Å². The number of rotatable bonds is 2. The zero-order chi connectivity index (χ0) is 13.1. The molecule has 2 rings (SSSR count). The second-order valence-electron chi connectivity index (χ2n) is 3.77. The minimum atomic E-state index is -0.374. The lowest BCUT2D eigenvalue weighted by Crippen LogP contribution is -1.89. The van der Waals surface area contributed by atoms with Crippen LogP contribution < -0.4 is 0 Å². The van der Waals surface area contributed by atoms with Crippen molar-refractivity contribution < 1.29 is 4.39 Å². The van der Waals surface area contributed by atoms with Crippen molar-refractivity contribution >= 4 is 23.2 Å². The van der Waals surface area contributed by atoms with Gasteiger partial charge in [0.25, 0.3) is 0 Å². The monoisotopic (exact) mass is 279 g/mol. The number of nitriles is 1. The summed E-state index contributed by atoms with van der Waals surface area (Å²) < 4.78 is 13.8. The third kappa shape index (κ3) is 2.64. The normalized spacial score (nSPS) is 10.1. The average Bonchev–Trinajstić information content (AvgIpc) is 2.33. The maximum atomic E-state index is 13.8. The molecule has 0 bridgehead atoms. The predicted octanol–water partition coefficient (Wildman–Crippen LogP) is 4.87. The van der Waals surface area contributed by atoms with Gasteiger partial charge in [-0.25, -0.2) is 4.39 Å². The first-order chi connectivity index (χ1) is 8.61. The first-order valence-electron chi connectivity index (χ1n) is 5.22. The summed E-state index contributed by atoms with van der Waals surface area (Å²) in [5.41, 5.74) is 1.70. The van der Waals surface area contributed by atoms with E-state index in [0.717, 1.165) is 5.56 Å². The van der Waals surface area contributed by atoms with Crippen LogP contribution in [0.3, 0.4) is 0 Å².